The Kier molecular flexibility index (Phi) is 4.07. The fourth-order valence-electron chi connectivity index (χ4n) is 1.66. The standard InChI is InChI=1S/C14H20O/c1-10(2)8-12-6-5-7-13(9-12)14(15)11(3)4/h5-7,9-11H,8H2,1-4H3. The van der Waals surface area contributed by atoms with Crippen LogP contribution in [0.1, 0.15) is 43.6 Å². The van der Waals surface area contributed by atoms with E-state index in [1.54, 1.807) is 0 Å². The zero-order chi connectivity index (χ0) is 11.4. The van der Waals surface area contributed by atoms with E-state index in [9.17, 15) is 4.79 Å². The Morgan fingerprint density at radius 2 is 1.87 bits per heavy atom. The molecule has 0 aromatic heterocycles. The molecule has 0 aliphatic carbocycles. The molecule has 0 saturated heterocycles. The number of hydrogen-bond donors (Lipinski definition) is 0. The van der Waals surface area contributed by atoms with E-state index in [-0.39, 0.29) is 11.7 Å². The molecule has 1 rings (SSSR count). The molecule has 0 fully saturated rings. The molecule has 0 radical (unpaired) electrons. The van der Waals surface area contributed by atoms with Gasteiger partial charge in [0.2, 0.25) is 0 Å². The highest BCUT2D eigenvalue weighted by molar-refractivity contribution is 5.97. The van der Waals surface area contributed by atoms with Crippen LogP contribution in [0.15, 0.2) is 24.3 Å². The van der Waals surface area contributed by atoms with E-state index in [0.29, 0.717) is 5.92 Å². The predicted molar refractivity (Wildman–Crippen MR) is 64.2 cm³/mol. The minimum absolute atomic E-state index is 0.0827. The van der Waals surface area contributed by atoms with E-state index < -0.39 is 0 Å². The number of carbonyl (C=O) groups excluding carboxylic acids is 1. The maximum absolute atomic E-state index is 11.8. The SMILES string of the molecule is CC(C)Cc1cccc(C(=O)C(C)C)c1. The lowest BCUT2D eigenvalue weighted by Gasteiger charge is -2.08. The summed E-state index contributed by atoms with van der Waals surface area (Å²) in [7, 11) is 0. The first kappa shape index (κ1) is 12.0. The van der Waals surface area contributed by atoms with Crippen LogP contribution in [0, 0.1) is 11.8 Å². The van der Waals surface area contributed by atoms with Gasteiger partial charge in [0.1, 0.15) is 0 Å². The molecule has 0 aliphatic rings. The summed E-state index contributed by atoms with van der Waals surface area (Å²) >= 11 is 0. The van der Waals surface area contributed by atoms with Gasteiger partial charge in [0.25, 0.3) is 0 Å². The predicted octanol–water partition coefficient (Wildman–Crippen LogP) is 3.72. The molecule has 0 spiro atoms. The van der Waals surface area contributed by atoms with E-state index in [4.69, 9.17) is 0 Å². The summed E-state index contributed by atoms with van der Waals surface area (Å²) in [6, 6.07) is 8.01. The summed E-state index contributed by atoms with van der Waals surface area (Å²) in [6.07, 6.45) is 1.04. The summed E-state index contributed by atoms with van der Waals surface area (Å²) in [5.74, 6) is 0.953. The summed E-state index contributed by atoms with van der Waals surface area (Å²) in [5, 5.41) is 0. The van der Waals surface area contributed by atoms with Crippen LogP contribution >= 0.6 is 0 Å². The molecule has 1 nitrogen and oxygen atoms in total. The highest BCUT2D eigenvalue weighted by Crippen LogP contribution is 2.13. The average Bonchev–Trinajstić information content (AvgIpc) is 2.16. The molecule has 0 bridgehead atoms. The van der Waals surface area contributed by atoms with Crippen LogP contribution in [0.25, 0.3) is 0 Å². The van der Waals surface area contributed by atoms with Crippen LogP contribution in [-0.4, -0.2) is 5.78 Å². The summed E-state index contributed by atoms with van der Waals surface area (Å²) < 4.78 is 0. The van der Waals surface area contributed by atoms with Crippen molar-refractivity contribution in [3.63, 3.8) is 0 Å². The fourth-order valence-corrected chi connectivity index (χ4v) is 1.66. The van der Waals surface area contributed by atoms with Gasteiger partial charge in [-0.25, -0.2) is 0 Å². The first-order valence-corrected chi connectivity index (χ1v) is 5.64. The van der Waals surface area contributed by atoms with E-state index >= 15 is 0 Å². The van der Waals surface area contributed by atoms with Crippen molar-refractivity contribution in [2.75, 3.05) is 0 Å². The van der Waals surface area contributed by atoms with Gasteiger partial charge in [0, 0.05) is 11.5 Å². The van der Waals surface area contributed by atoms with Crippen LogP contribution in [-0.2, 0) is 6.42 Å². The maximum atomic E-state index is 11.8. The monoisotopic (exact) mass is 204 g/mol. The molecule has 15 heavy (non-hydrogen) atoms. The first-order chi connectivity index (χ1) is 7.00. The van der Waals surface area contributed by atoms with Crippen LogP contribution in [0.4, 0.5) is 0 Å². The third-order valence-corrected chi connectivity index (χ3v) is 2.38. The average molecular weight is 204 g/mol. The zero-order valence-corrected chi connectivity index (χ0v) is 10.1. The van der Waals surface area contributed by atoms with E-state index in [0.717, 1.165) is 12.0 Å². The topological polar surface area (TPSA) is 17.1 Å². The third-order valence-electron chi connectivity index (χ3n) is 2.38. The van der Waals surface area contributed by atoms with Gasteiger partial charge in [-0.15, -0.1) is 0 Å². The molecule has 1 aromatic rings. The molecule has 0 aliphatic heterocycles. The molecular weight excluding hydrogens is 184 g/mol. The lowest BCUT2D eigenvalue weighted by Crippen LogP contribution is -2.08. The number of carbonyl (C=O) groups is 1. The second kappa shape index (κ2) is 5.11. The van der Waals surface area contributed by atoms with Gasteiger partial charge in [-0.05, 0) is 24.0 Å². The van der Waals surface area contributed by atoms with Gasteiger partial charge in [-0.1, -0.05) is 45.9 Å². The minimum Gasteiger partial charge on any atom is -0.294 e. The molecule has 0 amide bonds. The molecule has 1 heteroatoms. The normalized spacial score (nSPS) is 11.1. The number of hydrogen-bond acceptors (Lipinski definition) is 1. The minimum atomic E-state index is 0.0827. The molecule has 0 N–H and O–H groups in total. The Morgan fingerprint density at radius 1 is 1.20 bits per heavy atom. The molecule has 1 aromatic carbocycles. The van der Waals surface area contributed by atoms with E-state index in [1.807, 2.05) is 32.0 Å². The van der Waals surface area contributed by atoms with Crippen molar-refractivity contribution < 1.29 is 4.79 Å². The smallest absolute Gasteiger partial charge is 0.165 e. The number of benzene rings is 1. The van der Waals surface area contributed by atoms with Crippen molar-refractivity contribution in [3.05, 3.63) is 35.4 Å². The largest absolute Gasteiger partial charge is 0.294 e. The lowest BCUT2D eigenvalue weighted by atomic mass is 9.96. The Bertz CT molecular complexity index is 337. The Labute approximate surface area is 92.5 Å². The van der Waals surface area contributed by atoms with E-state index in [1.165, 1.54) is 5.56 Å². The van der Waals surface area contributed by atoms with Gasteiger partial charge in [-0.3, -0.25) is 4.79 Å². The fraction of sp³-hybridized carbons (Fsp3) is 0.500. The molecule has 0 atom stereocenters. The second-order valence-corrected chi connectivity index (χ2v) is 4.82. The van der Waals surface area contributed by atoms with Gasteiger partial charge < -0.3 is 0 Å². The first-order valence-electron chi connectivity index (χ1n) is 5.64. The van der Waals surface area contributed by atoms with Gasteiger partial charge in [0.05, 0.1) is 0 Å². The molecule has 0 saturated carbocycles. The number of rotatable bonds is 4. The lowest BCUT2D eigenvalue weighted by molar-refractivity contribution is 0.0939. The Balaban J connectivity index is 2.87. The number of Topliss-reactive ketones (excluding diaryl/α,β-unsaturated/α-hetero) is 1. The van der Waals surface area contributed by atoms with Crippen LogP contribution in [0.2, 0.25) is 0 Å². The van der Waals surface area contributed by atoms with Crippen molar-refractivity contribution in [2.24, 2.45) is 11.8 Å². The zero-order valence-electron chi connectivity index (χ0n) is 10.1. The quantitative estimate of drug-likeness (QED) is 0.683. The van der Waals surface area contributed by atoms with Crippen molar-refractivity contribution >= 4 is 5.78 Å². The highest BCUT2D eigenvalue weighted by atomic mass is 16.1. The number of ketones is 1. The molecular formula is C14H20O. The third kappa shape index (κ3) is 3.50. The Hall–Kier alpha value is -1.11. The molecule has 0 heterocycles. The second-order valence-electron chi connectivity index (χ2n) is 4.82. The van der Waals surface area contributed by atoms with Crippen molar-refractivity contribution in [2.45, 2.75) is 34.1 Å². The van der Waals surface area contributed by atoms with Crippen molar-refractivity contribution in [1.82, 2.24) is 0 Å². The van der Waals surface area contributed by atoms with Crippen molar-refractivity contribution in [1.29, 1.82) is 0 Å². The van der Waals surface area contributed by atoms with E-state index in [2.05, 4.69) is 19.9 Å². The Morgan fingerprint density at radius 3 is 2.40 bits per heavy atom. The van der Waals surface area contributed by atoms with Gasteiger partial charge in [-0.2, -0.15) is 0 Å². The van der Waals surface area contributed by atoms with Crippen LogP contribution in [0.3, 0.4) is 0 Å². The van der Waals surface area contributed by atoms with Crippen LogP contribution in [0.5, 0.6) is 0 Å². The summed E-state index contributed by atoms with van der Waals surface area (Å²) in [5.41, 5.74) is 2.11. The van der Waals surface area contributed by atoms with Crippen molar-refractivity contribution in [3.8, 4) is 0 Å². The van der Waals surface area contributed by atoms with Crippen LogP contribution < -0.4 is 0 Å². The molecule has 82 valence electrons. The van der Waals surface area contributed by atoms with Gasteiger partial charge in [0.15, 0.2) is 5.78 Å². The highest BCUT2D eigenvalue weighted by Gasteiger charge is 2.10. The summed E-state index contributed by atoms with van der Waals surface area (Å²) in [4.78, 5) is 11.8. The molecule has 0 unspecified atom stereocenters. The van der Waals surface area contributed by atoms with Gasteiger partial charge >= 0.3 is 0 Å². The maximum Gasteiger partial charge on any atom is 0.165 e. The summed E-state index contributed by atoms with van der Waals surface area (Å²) in [6.45, 7) is 8.27.